The van der Waals surface area contributed by atoms with E-state index in [-0.39, 0.29) is 5.56 Å². The molecule has 0 aliphatic carbocycles. The lowest BCUT2D eigenvalue weighted by Gasteiger charge is -2.11. The molecule has 0 heterocycles. The van der Waals surface area contributed by atoms with E-state index >= 15 is 0 Å². The Bertz CT molecular complexity index is 520. The Kier molecular flexibility index (Phi) is 3.21. The Labute approximate surface area is 99.0 Å². The molecule has 0 radical (unpaired) electrons. The Balaban J connectivity index is 2.34. The number of aliphatic hydroxyl groups is 1. The summed E-state index contributed by atoms with van der Waals surface area (Å²) in [5.74, 6) is -0.993. The summed E-state index contributed by atoms with van der Waals surface area (Å²) in [4.78, 5) is 10.8. The highest BCUT2D eigenvalue weighted by molar-refractivity contribution is 5.87. The van der Waals surface area contributed by atoms with Crippen LogP contribution in [0.5, 0.6) is 0 Å². The number of aromatic carboxylic acids is 1. The van der Waals surface area contributed by atoms with Crippen molar-refractivity contribution in [2.45, 2.75) is 6.10 Å². The van der Waals surface area contributed by atoms with Crippen molar-refractivity contribution in [3.63, 3.8) is 0 Å². The van der Waals surface area contributed by atoms with Crippen LogP contribution in [0.4, 0.5) is 0 Å². The van der Waals surface area contributed by atoms with Crippen molar-refractivity contribution < 1.29 is 15.0 Å². The zero-order valence-electron chi connectivity index (χ0n) is 9.08. The first-order valence-corrected chi connectivity index (χ1v) is 5.25. The number of carboxylic acid groups (broad SMARTS) is 1. The third kappa shape index (κ3) is 2.52. The van der Waals surface area contributed by atoms with Crippen molar-refractivity contribution >= 4 is 5.97 Å². The molecule has 0 aromatic heterocycles. The summed E-state index contributed by atoms with van der Waals surface area (Å²) in [6.07, 6.45) is -0.796. The highest BCUT2D eigenvalue weighted by Gasteiger charge is 2.11. The van der Waals surface area contributed by atoms with Crippen molar-refractivity contribution in [1.29, 1.82) is 0 Å². The second kappa shape index (κ2) is 4.80. The maximum absolute atomic E-state index is 10.8. The highest BCUT2D eigenvalue weighted by Crippen LogP contribution is 2.22. The van der Waals surface area contributed by atoms with Crippen LogP contribution in [0.2, 0.25) is 0 Å². The Morgan fingerprint density at radius 2 is 1.59 bits per heavy atom. The molecule has 17 heavy (non-hydrogen) atoms. The van der Waals surface area contributed by atoms with E-state index in [4.69, 9.17) is 5.11 Å². The summed E-state index contributed by atoms with van der Waals surface area (Å²) in [5.41, 5.74) is 1.50. The highest BCUT2D eigenvalue weighted by atomic mass is 16.4. The van der Waals surface area contributed by atoms with Crippen LogP contribution in [0.3, 0.4) is 0 Å². The zero-order valence-corrected chi connectivity index (χ0v) is 9.08. The Morgan fingerprint density at radius 3 is 2.24 bits per heavy atom. The van der Waals surface area contributed by atoms with E-state index in [1.807, 2.05) is 18.2 Å². The lowest BCUT2D eigenvalue weighted by atomic mass is 10.00. The monoisotopic (exact) mass is 228 g/mol. The second-order valence-electron chi connectivity index (χ2n) is 3.74. The van der Waals surface area contributed by atoms with Crippen LogP contribution in [-0.4, -0.2) is 16.2 Å². The average Bonchev–Trinajstić information content (AvgIpc) is 2.39. The van der Waals surface area contributed by atoms with Crippen LogP contribution in [0.15, 0.2) is 54.6 Å². The van der Waals surface area contributed by atoms with Gasteiger partial charge in [-0.1, -0.05) is 42.5 Å². The predicted molar refractivity (Wildman–Crippen MR) is 63.9 cm³/mol. The Morgan fingerprint density at radius 1 is 0.941 bits per heavy atom. The first-order valence-electron chi connectivity index (χ1n) is 5.25. The van der Waals surface area contributed by atoms with Gasteiger partial charge in [0.15, 0.2) is 0 Å². The number of carbonyl (C=O) groups is 1. The third-order valence-corrected chi connectivity index (χ3v) is 2.56. The molecule has 0 aliphatic rings. The van der Waals surface area contributed by atoms with Crippen LogP contribution in [-0.2, 0) is 0 Å². The van der Waals surface area contributed by atoms with Crippen LogP contribution in [0.1, 0.15) is 27.6 Å². The van der Waals surface area contributed by atoms with Crippen molar-refractivity contribution in [3.8, 4) is 0 Å². The van der Waals surface area contributed by atoms with Gasteiger partial charge in [0.25, 0.3) is 0 Å². The molecular formula is C14H12O3. The zero-order chi connectivity index (χ0) is 12.3. The molecule has 86 valence electrons. The summed E-state index contributed by atoms with van der Waals surface area (Å²) in [5, 5.41) is 19.0. The van der Waals surface area contributed by atoms with E-state index in [9.17, 15) is 9.90 Å². The van der Waals surface area contributed by atoms with E-state index in [2.05, 4.69) is 0 Å². The van der Waals surface area contributed by atoms with Crippen molar-refractivity contribution in [2.75, 3.05) is 0 Å². The summed E-state index contributed by atoms with van der Waals surface area (Å²) < 4.78 is 0. The fraction of sp³-hybridized carbons (Fsp3) is 0.0714. The standard InChI is InChI=1S/C14H12O3/c15-13(10-5-2-1-3-6-10)11-7-4-8-12(9-11)14(16)17/h1-9,13,15H,(H,16,17). The van der Waals surface area contributed by atoms with Gasteiger partial charge in [0.2, 0.25) is 0 Å². The van der Waals surface area contributed by atoms with Crippen LogP contribution >= 0.6 is 0 Å². The quantitative estimate of drug-likeness (QED) is 0.848. The van der Waals surface area contributed by atoms with Gasteiger partial charge in [-0.3, -0.25) is 0 Å². The predicted octanol–water partition coefficient (Wildman–Crippen LogP) is 2.47. The summed E-state index contributed by atoms with van der Waals surface area (Å²) in [7, 11) is 0. The Hall–Kier alpha value is -2.13. The number of aliphatic hydroxyl groups excluding tert-OH is 1. The van der Waals surface area contributed by atoms with Gasteiger partial charge in [-0.2, -0.15) is 0 Å². The molecule has 0 saturated heterocycles. The smallest absolute Gasteiger partial charge is 0.335 e. The van der Waals surface area contributed by atoms with Gasteiger partial charge in [-0.15, -0.1) is 0 Å². The van der Waals surface area contributed by atoms with Gasteiger partial charge < -0.3 is 10.2 Å². The largest absolute Gasteiger partial charge is 0.478 e. The lowest BCUT2D eigenvalue weighted by Crippen LogP contribution is -2.02. The van der Waals surface area contributed by atoms with Gasteiger partial charge in [0.05, 0.1) is 5.56 Å². The molecule has 3 heteroatoms. The number of carboxylic acids is 1. The molecule has 2 aromatic carbocycles. The second-order valence-corrected chi connectivity index (χ2v) is 3.74. The molecule has 3 nitrogen and oxygen atoms in total. The molecule has 0 amide bonds. The van der Waals surface area contributed by atoms with E-state index in [1.165, 1.54) is 12.1 Å². The molecule has 0 spiro atoms. The SMILES string of the molecule is O=C(O)c1cccc(C(O)c2ccccc2)c1. The third-order valence-electron chi connectivity index (χ3n) is 2.56. The van der Waals surface area contributed by atoms with Crippen molar-refractivity contribution in [2.24, 2.45) is 0 Å². The van der Waals surface area contributed by atoms with E-state index < -0.39 is 12.1 Å². The number of rotatable bonds is 3. The maximum Gasteiger partial charge on any atom is 0.335 e. The molecule has 2 aromatic rings. The first-order chi connectivity index (χ1) is 8.18. The van der Waals surface area contributed by atoms with E-state index in [0.29, 0.717) is 5.56 Å². The average molecular weight is 228 g/mol. The fourth-order valence-corrected chi connectivity index (χ4v) is 1.67. The molecule has 0 saturated carbocycles. The normalized spacial score (nSPS) is 12.1. The topological polar surface area (TPSA) is 57.5 Å². The van der Waals surface area contributed by atoms with Crippen molar-refractivity contribution in [1.82, 2.24) is 0 Å². The first kappa shape index (κ1) is 11.4. The minimum absolute atomic E-state index is 0.178. The molecule has 2 rings (SSSR count). The van der Waals surface area contributed by atoms with Crippen LogP contribution in [0, 0.1) is 0 Å². The number of hydrogen-bond donors (Lipinski definition) is 2. The number of benzene rings is 2. The molecule has 0 fully saturated rings. The number of hydrogen-bond acceptors (Lipinski definition) is 2. The summed E-state index contributed by atoms with van der Waals surface area (Å²) >= 11 is 0. The minimum Gasteiger partial charge on any atom is -0.478 e. The van der Waals surface area contributed by atoms with Crippen LogP contribution in [0.25, 0.3) is 0 Å². The van der Waals surface area contributed by atoms with E-state index in [1.54, 1.807) is 24.3 Å². The summed E-state index contributed by atoms with van der Waals surface area (Å²) in [6, 6.07) is 15.5. The van der Waals surface area contributed by atoms with Gasteiger partial charge in [-0.05, 0) is 23.3 Å². The van der Waals surface area contributed by atoms with E-state index in [0.717, 1.165) is 5.56 Å². The van der Waals surface area contributed by atoms with Gasteiger partial charge in [-0.25, -0.2) is 4.79 Å². The van der Waals surface area contributed by atoms with Gasteiger partial charge in [0, 0.05) is 0 Å². The van der Waals surface area contributed by atoms with Crippen LogP contribution < -0.4 is 0 Å². The van der Waals surface area contributed by atoms with Gasteiger partial charge in [0.1, 0.15) is 6.10 Å². The molecule has 0 aliphatic heterocycles. The molecule has 1 unspecified atom stereocenters. The summed E-state index contributed by atoms with van der Waals surface area (Å²) in [6.45, 7) is 0. The molecule has 1 atom stereocenters. The minimum atomic E-state index is -0.993. The molecule has 0 bridgehead atoms. The molecule has 2 N–H and O–H groups in total. The maximum atomic E-state index is 10.8. The van der Waals surface area contributed by atoms with Gasteiger partial charge >= 0.3 is 5.97 Å². The lowest BCUT2D eigenvalue weighted by molar-refractivity contribution is 0.0696. The molecular weight excluding hydrogens is 216 g/mol. The van der Waals surface area contributed by atoms with Crippen molar-refractivity contribution in [3.05, 3.63) is 71.3 Å². The fourth-order valence-electron chi connectivity index (χ4n) is 1.67.